The van der Waals surface area contributed by atoms with Crippen LogP contribution >= 0.6 is 15.9 Å². The standard InChI is InChI=1S/C7H3BrF2N2O/c8-3-1-4-5(11-2-3)12-6(13)7(4,9)10/h1-2H,(H,11,12,13). The van der Waals surface area contributed by atoms with E-state index < -0.39 is 11.8 Å². The van der Waals surface area contributed by atoms with Crippen molar-refractivity contribution in [3.05, 3.63) is 22.3 Å². The summed E-state index contributed by atoms with van der Waals surface area (Å²) in [7, 11) is 0. The minimum atomic E-state index is -3.47. The minimum Gasteiger partial charge on any atom is -0.305 e. The van der Waals surface area contributed by atoms with E-state index in [0.717, 1.165) is 0 Å². The van der Waals surface area contributed by atoms with Gasteiger partial charge in [0.05, 0.1) is 5.56 Å². The first-order valence-corrected chi connectivity index (χ1v) is 4.16. The molecule has 1 aromatic rings. The van der Waals surface area contributed by atoms with Crippen LogP contribution in [0.4, 0.5) is 14.6 Å². The van der Waals surface area contributed by atoms with Gasteiger partial charge < -0.3 is 5.32 Å². The van der Waals surface area contributed by atoms with Crippen molar-refractivity contribution in [3.63, 3.8) is 0 Å². The zero-order chi connectivity index (χ0) is 9.64. The number of fused-ring (bicyclic) bond motifs is 1. The van der Waals surface area contributed by atoms with Crippen LogP contribution < -0.4 is 5.32 Å². The first-order valence-electron chi connectivity index (χ1n) is 3.37. The first-order chi connectivity index (χ1) is 6.01. The Hall–Kier alpha value is -1.04. The average Bonchev–Trinajstić information content (AvgIpc) is 2.27. The predicted octanol–water partition coefficient (Wildman–Crippen LogP) is 1.89. The largest absolute Gasteiger partial charge is 0.353 e. The van der Waals surface area contributed by atoms with Crippen LogP contribution in [0.15, 0.2) is 16.7 Å². The van der Waals surface area contributed by atoms with Crippen molar-refractivity contribution in [1.29, 1.82) is 0 Å². The molecule has 1 aliphatic heterocycles. The molecule has 1 amide bonds. The number of amides is 1. The molecule has 0 unspecified atom stereocenters. The van der Waals surface area contributed by atoms with Crippen LogP contribution in [-0.4, -0.2) is 10.9 Å². The molecule has 0 aromatic carbocycles. The lowest BCUT2D eigenvalue weighted by Crippen LogP contribution is -2.23. The third-order valence-corrected chi connectivity index (χ3v) is 2.14. The van der Waals surface area contributed by atoms with Crippen molar-refractivity contribution in [1.82, 2.24) is 4.98 Å². The molecule has 0 aliphatic carbocycles. The Morgan fingerprint density at radius 3 is 2.92 bits per heavy atom. The van der Waals surface area contributed by atoms with E-state index >= 15 is 0 Å². The van der Waals surface area contributed by atoms with E-state index in [0.29, 0.717) is 4.47 Å². The first kappa shape index (κ1) is 8.55. The molecule has 2 heterocycles. The molecule has 6 heteroatoms. The SMILES string of the molecule is O=C1Nc2ncc(Br)cc2C1(F)F. The lowest BCUT2D eigenvalue weighted by Gasteiger charge is -2.04. The number of anilines is 1. The van der Waals surface area contributed by atoms with Crippen LogP contribution in [0.1, 0.15) is 5.56 Å². The highest BCUT2D eigenvalue weighted by atomic mass is 79.9. The molecule has 0 saturated heterocycles. The molecule has 0 atom stereocenters. The Balaban J connectivity index is 2.64. The molecule has 2 rings (SSSR count). The van der Waals surface area contributed by atoms with Gasteiger partial charge in [-0.05, 0) is 22.0 Å². The van der Waals surface area contributed by atoms with Gasteiger partial charge in [-0.25, -0.2) is 4.98 Å². The maximum Gasteiger partial charge on any atom is 0.353 e. The van der Waals surface area contributed by atoms with E-state index in [1.807, 2.05) is 5.32 Å². The van der Waals surface area contributed by atoms with E-state index in [1.54, 1.807) is 0 Å². The normalized spacial score (nSPS) is 18.2. The topological polar surface area (TPSA) is 42.0 Å². The van der Waals surface area contributed by atoms with Gasteiger partial charge in [0.1, 0.15) is 5.82 Å². The highest BCUT2D eigenvalue weighted by Crippen LogP contribution is 2.39. The van der Waals surface area contributed by atoms with Crippen LogP contribution in [0, 0.1) is 0 Å². The zero-order valence-electron chi connectivity index (χ0n) is 6.14. The van der Waals surface area contributed by atoms with Crippen molar-refractivity contribution in [2.75, 3.05) is 5.32 Å². The van der Waals surface area contributed by atoms with Gasteiger partial charge in [0.25, 0.3) is 0 Å². The van der Waals surface area contributed by atoms with Crippen LogP contribution in [0.5, 0.6) is 0 Å². The second-order valence-corrected chi connectivity index (χ2v) is 3.49. The molecule has 0 fully saturated rings. The predicted molar refractivity (Wildman–Crippen MR) is 44.5 cm³/mol. The Morgan fingerprint density at radius 1 is 1.54 bits per heavy atom. The second kappa shape index (κ2) is 2.47. The van der Waals surface area contributed by atoms with E-state index in [4.69, 9.17) is 0 Å². The number of carbonyl (C=O) groups is 1. The number of carbonyl (C=O) groups excluding carboxylic acids is 1. The molecule has 1 aliphatic rings. The third-order valence-electron chi connectivity index (χ3n) is 1.71. The van der Waals surface area contributed by atoms with Gasteiger partial charge in [0.2, 0.25) is 0 Å². The number of aromatic nitrogens is 1. The summed E-state index contributed by atoms with van der Waals surface area (Å²) in [4.78, 5) is 14.4. The van der Waals surface area contributed by atoms with E-state index in [2.05, 4.69) is 20.9 Å². The van der Waals surface area contributed by atoms with Crippen molar-refractivity contribution in [2.24, 2.45) is 0 Å². The van der Waals surface area contributed by atoms with Crippen LogP contribution in [0.25, 0.3) is 0 Å². The molecule has 0 spiro atoms. The third kappa shape index (κ3) is 1.13. The van der Waals surface area contributed by atoms with Gasteiger partial charge >= 0.3 is 11.8 Å². The monoisotopic (exact) mass is 248 g/mol. The van der Waals surface area contributed by atoms with Gasteiger partial charge in [0.15, 0.2) is 0 Å². The van der Waals surface area contributed by atoms with Crippen molar-refractivity contribution >= 4 is 27.7 Å². The fraction of sp³-hybridized carbons (Fsp3) is 0.143. The number of alkyl halides is 2. The molecule has 1 aromatic heterocycles. The number of hydrogen-bond donors (Lipinski definition) is 1. The van der Waals surface area contributed by atoms with Gasteiger partial charge in [-0.3, -0.25) is 4.79 Å². The minimum absolute atomic E-state index is 0.0711. The molecule has 0 saturated carbocycles. The van der Waals surface area contributed by atoms with Crippen LogP contribution in [-0.2, 0) is 10.7 Å². The summed E-state index contributed by atoms with van der Waals surface area (Å²) in [6.07, 6.45) is 1.35. The summed E-state index contributed by atoms with van der Waals surface area (Å²) in [5.74, 6) is -4.86. The summed E-state index contributed by atoms with van der Waals surface area (Å²) in [6, 6.07) is 1.18. The van der Waals surface area contributed by atoms with Crippen molar-refractivity contribution < 1.29 is 13.6 Å². The van der Waals surface area contributed by atoms with Crippen LogP contribution in [0.3, 0.4) is 0 Å². The number of rotatable bonds is 0. The Kier molecular flexibility index (Phi) is 1.63. The Labute approximate surface area is 80.3 Å². The van der Waals surface area contributed by atoms with Gasteiger partial charge in [-0.1, -0.05) is 0 Å². The molecular formula is C7H3BrF2N2O. The number of hydrogen-bond acceptors (Lipinski definition) is 2. The molecule has 1 N–H and O–H groups in total. The average molecular weight is 249 g/mol. The number of pyridine rings is 1. The molecule has 0 bridgehead atoms. The van der Waals surface area contributed by atoms with E-state index in [9.17, 15) is 13.6 Å². The van der Waals surface area contributed by atoms with Gasteiger partial charge in [-0.2, -0.15) is 8.78 Å². The number of nitrogens with one attached hydrogen (secondary N) is 1. The Bertz CT molecular complexity index is 394. The highest BCUT2D eigenvalue weighted by Gasteiger charge is 2.49. The maximum atomic E-state index is 13.0. The fourth-order valence-electron chi connectivity index (χ4n) is 1.09. The fourth-order valence-corrected chi connectivity index (χ4v) is 1.42. The summed E-state index contributed by atoms with van der Waals surface area (Å²) < 4.78 is 26.5. The Morgan fingerprint density at radius 2 is 2.23 bits per heavy atom. The smallest absolute Gasteiger partial charge is 0.305 e. The molecule has 0 radical (unpaired) electrons. The molecular weight excluding hydrogens is 246 g/mol. The number of nitrogens with zero attached hydrogens (tertiary/aromatic N) is 1. The summed E-state index contributed by atoms with van der Waals surface area (Å²) in [5, 5.41) is 1.99. The lowest BCUT2D eigenvalue weighted by molar-refractivity contribution is -0.139. The quantitative estimate of drug-likeness (QED) is 0.762. The van der Waals surface area contributed by atoms with Crippen molar-refractivity contribution in [3.8, 4) is 0 Å². The molecule has 3 nitrogen and oxygen atoms in total. The summed E-state index contributed by atoms with van der Waals surface area (Å²) in [6.45, 7) is 0. The van der Waals surface area contributed by atoms with E-state index in [1.165, 1.54) is 12.3 Å². The van der Waals surface area contributed by atoms with Crippen LogP contribution in [0.2, 0.25) is 0 Å². The highest BCUT2D eigenvalue weighted by molar-refractivity contribution is 9.10. The zero-order valence-corrected chi connectivity index (χ0v) is 7.73. The maximum absolute atomic E-state index is 13.0. The summed E-state index contributed by atoms with van der Waals surface area (Å²) >= 11 is 3.00. The van der Waals surface area contributed by atoms with Crippen molar-refractivity contribution in [2.45, 2.75) is 5.92 Å². The second-order valence-electron chi connectivity index (χ2n) is 2.58. The number of halogens is 3. The molecule has 13 heavy (non-hydrogen) atoms. The van der Waals surface area contributed by atoms with Gasteiger partial charge in [0, 0.05) is 10.7 Å². The van der Waals surface area contributed by atoms with E-state index in [-0.39, 0.29) is 11.4 Å². The molecule has 68 valence electrons. The van der Waals surface area contributed by atoms with Gasteiger partial charge in [-0.15, -0.1) is 0 Å². The summed E-state index contributed by atoms with van der Waals surface area (Å²) in [5.41, 5.74) is -0.383. The lowest BCUT2D eigenvalue weighted by atomic mass is 10.2.